The number of aryl methyl sites for hydroxylation is 1. The van der Waals surface area contributed by atoms with Crippen molar-refractivity contribution in [2.75, 3.05) is 32.6 Å². The standard InChI is InChI=1S/C15H24N4O4S/c1-3-18-7-4-14(16-18)15(20)17-10-13(11-17)19(24(2,21)22)12-5-8-23-9-6-12/h4,7,12-13H,3,5-6,8-11H2,1-2H3. The number of amides is 1. The molecular weight excluding hydrogens is 332 g/mol. The molecular formula is C15H24N4O4S. The molecule has 0 bridgehead atoms. The summed E-state index contributed by atoms with van der Waals surface area (Å²) in [6, 6.07) is 1.52. The van der Waals surface area contributed by atoms with Crippen molar-refractivity contribution in [3.05, 3.63) is 18.0 Å². The first-order valence-electron chi connectivity index (χ1n) is 8.29. The van der Waals surface area contributed by atoms with Gasteiger partial charge in [0.2, 0.25) is 10.0 Å². The third-order valence-corrected chi connectivity index (χ3v) is 5.99. The summed E-state index contributed by atoms with van der Waals surface area (Å²) in [5.41, 5.74) is 0.410. The minimum Gasteiger partial charge on any atom is -0.381 e. The van der Waals surface area contributed by atoms with Crippen LogP contribution in [0.15, 0.2) is 12.3 Å². The number of hydrogen-bond donors (Lipinski definition) is 0. The summed E-state index contributed by atoms with van der Waals surface area (Å²) in [6.45, 7) is 4.67. The van der Waals surface area contributed by atoms with Gasteiger partial charge in [-0.2, -0.15) is 9.40 Å². The van der Waals surface area contributed by atoms with Crippen LogP contribution in [0.25, 0.3) is 0 Å². The zero-order chi connectivity index (χ0) is 17.3. The second kappa shape index (κ2) is 6.81. The highest BCUT2D eigenvalue weighted by Gasteiger charge is 2.43. The van der Waals surface area contributed by atoms with Gasteiger partial charge in [0, 0.05) is 45.1 Å². The van der Waals surface area contributed by atoms with Gasteiger partial charge in [-0.05, 0) is 25.8 Å². The molecule has 8 nitrogen and oxygen atoms in total. The lowest BCUT2D eigenvalue weighted by molar-refractivity contribution is 0.0123. The Hall–Kier alpha value is -1.45. The van der Waals surface area contributed by atoms with E-state index >= 15 is 0 Å². The van der Waals surface area contributed by atoms with Crippen molar-refractivity contribution in [1.29, 1.82) is 0 Å². The molecule has 0 radical (unpaired) electrons. The molecule has 1 aromatic rings. The number of carbonyl (C=O) groups excluding carboxylic acids is 1. The van der Waals surface area contributed by atoms with Gasteiger partial charge in [-0.1, -0.05) is 0 Å². The van der Waals surface area contributed by atoms with Gasteiger partial charge in [0.05, 0.1) is 12.3 Å². The summed E-state index contributed by atoms with van der Waals surface area (Å²) in [5.74, 6) is -0.140. The van der Waals surface area contributed by atoms with Gasteiger partial charge >= 0.3 is 0 Å². The zero-order valence-electron chi connectivity index (χ0n) is 14.1. The van der Waals surface area contributed by atoms with Crippen LogP contribution in [0.2, 0.25) is 0 Å². The van der Waals surface area contributed by atoms with Crippen molar-refractivity contribution in [2.45, 2.75) is 38.4 Å². The maximum atomic E-state index is 12.4. The number of ether oxygens (including phenoxy) is 1. The monoisotopic (exact) mass is 356 g/mol. The molecule has 0 aromatic carbocycles. The Labute approximate surface area is 142 Å². The molecule has 2 fully saturated rings. The fourth-order valence-electron chi connectivity index (χ4n) is 3.38. The van der Waals surface area contributed by atoms with Gasteiger partial charge in [0.1, 0.15) is 5.69 Å². The molecule has 0 N–H and O–H groups in total. The van der Waals surface area contributed by atoms with E-state index in [1.807, 2.05) is 6.92 Å². The van der Waals surface area contributed by atoms with Gasteiger partial charge in [-0.15, -0.1) is 0 Å². The normalized spacial score (nSPS) is 20.4. The smallest absolute Gasteiger partial charge is 0.274 e. The fourth-order valence-corrected chi connectivity index (χ4v) is 4.80. The first-order valence-corrected chi connectivity index (χ1v) is 10.1. The molecule has 2 aliphatic rings. The largest absolute Gasteiger partial charge is 0.381 e. The van der Waals surface area contributed by atoms with Gasteiger partial charge in [0.15, 0.2) is 0 Å². The van der Waals surface area contributed by atoms with Crippen LogP contribution >= 0.6 is 0 Å². The lowest BCUT2D eigenvalue weighted by Crippen LogP contribution is -2.64. The maximum absolute atomic E-state index is 12.4. The number of rotatable bonds is 5. The van der Waals surface area contributed by atoms with Crippen molar-refractivity contribution in [2.24, 2.45) is 0 Å². The Morgan fingerprint density at radius 2 is 2.00 bits per heavy atom. The average Bonchev–Trinajstić information content (AvgIpc) is 2.98. The van der Waals surface area contributed by atoms with Gasteiger partial charge < -0.3 is 9.64 Å². The molecule has 2 aliphatic heterocycles. The molecule has 1 amide bonds. The van der Waals surface area contributed by atoms with Crippen molar-refractivity contribution in [3.63, 3.8) is 0 Å². The summed E-state index contributed by atoms with van der Waals surface area (Å²) >= 11 is 0. The third-order valence-electron chi connectivity index (χ3n) is 4.63. The van der Waals surface area contributed by atoms with Gasteiger partial charge in [-0.25, -0.2) is 8.42 Å². The van der Waals surface area contributed by atoms with E-state index in [-0.39, 0.29) is 18.0 Å². The Balaban J connectivity index is 1.65. The van der Waals surface area contributed by atoms with Crippen molar-refractivity contribution in [3.8, 4) is 0 Å². The number of carbonyl (C=O) groups is 1. The van der Waals surface area contributed by atoms with Crippen LogP contribution in [0.4, 0.5) is 0 Å². The van der Waals surface area contributed by atoms with Crippen molar-refractivity contribution in [1.82, 2.24) is 19.0 Å². The number of likely N-dealkylation sites (tertiary alicyclic amines) is 1. The molecule has 0 saturated carbocycles. The van der Waals surface area contributed by atoms with E-state index in [9.17, 15) is 13.2 Å². The number of nitrogens with zero attached hydrogens (tertiary/aromatic N) is 4. The van der Waals surface area contributed by atoms with Crippen molar-refractivity contribution >= 4 is 15.9 Å². The van der Waals surface area contributed by atoms with Crippen LogP contribution in [0, 0.1) is 0 Å². The molecule has 134 valence electrons. The van der Waals surface area contributed by atoms with Crippen LogP contribution in [0.1, 0.15) is 30.3 Å². The zero-order valence-corrected chi connectivity index (χ0v) is 14.9. The molecule has 0 aliphatic carbocycles. The van der Waals surface area contributed by atoms with Crippen molar-refractivity contribution < 1.29 is 17.9 Å². The number of aromatic nitrogens is 2. The van der Waals surface area contributed by atoms with E-state index in [4.69, 9.17) is 4.74 Å². The molecule has 3 heterocycles. The molecule has 0 atom stereocenters. The van der Waals surface area contributed by atoms with E-state index in [1.54, 1.807) is 26.2 Å². The highest BCUT2D eigenvalue weighted by Crippen LogP contribution is 2.26. The second-order valence-corrected chi connectivity index (χ2v) is 8.24. The topological polar surface area (TPSA) is 84.7 Å². The molecule has 0 unspecified atom stereocenters. The minimum absolute atomic E-state index is 0.0321. The Kier molecular flexibility index (Phi) is 4.93. The van der Waals surface area contributed by atoms with Gasteiger partial charge in [-0.3, -0.25) is 9.48 Å². The fraction of sp³-hybridized carbons (Fsp3) is 0.733. The van der Waals surface area contributed by atoms with E-state index in [0.717, 1.165) is 0 Å². The van der Waals surface area contributed by atoms with E-state index < -0.39 is 10.0 Å². The van der Waals surface area contributed by atoms with E-state index in [2.05, 4.69) is 5.10 Å². The van der Waals surface area contributed by atoms with Crippen LogP contribution in [0.3, 0.4) is 0 Å². The third kappa shape index (κ3) is 3.47. The lowest BCUT2D eigenvalue weighted by Gasteiger charge is -2.47. The van der Waals surface area contributed by atoms with Crippen LogP contribution in [0.5, 0.6) is 0 Å². The molecule has 1 aromatic heterocycles. The molecule has 3 rings (SSSR count). The Morgan fingerprint density at radius 1 is 1.33 bits per heavy atom. The Morgan fingerprint density at radius 3 is 2.54 bits per heavy atom. The molecule has 2 saturated heterocycles. The molecule has 0 spiro atoms. The highest BCUT2D eigenvalue weighted by molar-refractivity contribution is 7.88. The predicted molar refractivity (Wildman–Crippen MR) is 88.1 cm³/mol. The summed E-state index contributed by atoms with van der Waals surface area (Å²) < 4.78 is 33.1. The second-order valence-electron chi connectivity index (χ2n) is 6.36. The van der Waals surface area contributed by atoms with Crippen LogP contribution < -0.4 is 0 Å². The predicted octanol–water partition coefficient (Wildman–Crippen LogP) is 0.168. The average molecular weight is 356 g/mol. The minimum atomic E-state index is -3.32. The van der Waals surface area contributed by atoms with E-state index in [0.29, 0.717) is 51.4 Å². The Bertz CT molecular complexity index is 690. The van der Waals surface area contributed by atoms with Gasteiger partial charge in [0.25, 0.3) is 5.91 Å². The highest BCUT2D eigenvalue weighted by atomic mass is 32.2. The summed E-state index contributed by atoms with van der Waals surface area (Å²) in [6.07, 6.45) is 4.43. The maximum Gasteiger partial charge on any atom is 0.274 e. The number of hydrogen-bond acceptors (Lipinski definition) is 5. The summed E-state index contributed by atoms with van der Waals surface area (Å²) in [4.78, 5) is 14.1. The summed E-state index contributed by atoms with van der Waals surface area (Å²) in [7, 11) is -3.32. The SMILES string of the molecule is CCn1ccc(C(=O)N2CC(N(C3CCOCC3)S(C)(=O)=O)C2)n1. The summed E-state index contributed by atoms with van der Waals surface area (Å²) in [5, 5.41) is 4.22. The van der Waals surface area contributed by atoms with E-state index in [1.165, 1.54) is 6.26 Å². The molecule has 24 heavy (non-hydrogen) atoms. The number of sulfonamides is 1. The molecule has 9 heteroatoms. The quantitative estimate of drug-likeness (QED) is 0.751. The first kappa shape index (κ1) is 17.4. The van der Waals surface area contributed by atoms with Crippen LogP contribution in [-0.4, -0.2) is 78.0 Å². The first-order chi connectivity index (χ1) is 11.4. The lowest BCUT2D eigenvalue weighted by atomic mass is 10.0. The van der Waals surface area contributed by atoms with Crippen LogP contribution in [-0.2, 0) is 21.3 Å².